The molecule has 7 nitrogen and oxygen atoms in total. The molecule has 0 aliphatic rings. The fraction of sp³-hybridized carbons (Fsp3) is 0.438. The fourth-order valence-corrected chi connectivity index (χ4v) is 1.71. The molecule has 2 N–H and O–H groups in total. The lowest BCUT2D eigenvalue weighted by Crippen LogP contribution is -2.37. The molecular weight excluding hydrogens is 300 g/mol. The van der Waals surface area contributed by atoms with Crippen LogP contribution in [0.1, 0.15) is 36.7 Å². The van der Waals surface area contributed by atoms with Crippen LogP contribution in [0.25, 0.3) is 0 Å². The van der Waals surface area contributed by atoms with Crippen molar-refractivity contribution in [1.82, 2.24) is 5.32 Å². The Labute approximate surface area is 135 Å². The van der Waals surface area contributed by atoms with Gasteiger partial charge in [-0.2, -0.15) is 0 Å². The van der Waals surface area contributed by atoms with E-state index in [-0.39, 0.29) is 12.1 Å². The second-order valence-electron chi connectivity index (χ2n) is 5.94. The molecule has 1 aromatic carbocycles. The first kappa shape index (κ1) is 18.5. The molecule has 7 heteroatoms. The van der Waals surface area contributed by atoms with Crippen LogP contribution >= 0.6 is 0 Å². The molecule has 0 aliphatic carbocycles. The Bertz CT molecular complexity index is 605. The zero-order valence-corrected chi connectivity index (χ0v) is 14.0. The molecule has 0 spiro atoms. The molecule has 0 saturated carbocycles. The van der Waals surface area contributed by atoms with E-state index in [9.17, 15) is 14.4 Å². The van der Waals surface area contributed by atoms with Crippen molar-refractivity contribution in [2.45, 2.75) is 33.3 Å². The van der Waals surface area contributed by atoms with E-state index >= 15 is 0 Å². The van der Waals surface area contributed by atoms with E-state index in [2.05, 4.69) is 15.4 Å². The van der Waals surface area contributed by atoms with Gasteiger partial charge in [0.05, 0.1) is 18.4 Å². The van der Waals surface area contributed by atoms with E-state index in [0.717, 1.165) is 5.56 Å². The highest BCUT2D eigenvalue weighted by Gasteiger charge is 2.18. The molecule has 0 heterocycles. The van der Waals surface area contributed by atoms with Crippen LogP contribution in [0.5, 0.6) is 0 Å². The lowest BCUT2D eigenvalue weighted by atomic mass is 10.1. The van der Waals surface area contributed by atoms with E-state index in [1.807, 2.05) is 6.92 Å². The van der Waals surface area contributed by atoms with Gasteiger partial charge in [0.15, 0.2) is 0 Å². The van der Waals surface area contributed by atoms with E-state index in [4.69, 9.17) is 4.74 Å². The summed E-state index contributed by atoms with van der Waals surface area (Å²) in [7, 11) is 1.26. The topological polar surface area (TPSA) is 93.7 Å². The highest BCUT2D eigenvalue weighted by atomic mass is 16.6. The van der Waals surface area contributed by atoms with Crippen molar-refractivity contribution in [2.24, 2.45) is 0 Å². The third-order valence-electron chi connectivity index (χ3n) is 2.65. The number of nitrogens with one attached hydrogen (secondary N) is 2. The van der Waals surface area contributed by atoms with E-state index in [1.165, 1.54) is 7.11 Å². The van der Waals surface area contributed by atoms with Crippen molar-refractivity contribution >= 4 is 23.7 Å². The molecule has 1 rings (SSSR count). The van der Waals surface area contributed by atoms with E-state index in [1.54, 1.807) is 39.0 Å². The Balaban J connectivity index is 2.69. The molecule has 126 valence electrons. The van der Waals surface area contributed by atoms with Crippen molar-refractivity contribution in [3.05, 3.63) is 29.3 Å². The normalized spacial score (nSPS) is 10.7. The van der Waals surface area contributed by atoms with Crippen molar-refractivity contribution in [1.29, 1.82) is 0 Å². The van der Waals surface area contributed by atoms with Gasteiger partial charge in [0, 0.05) is 0 Å². The van der Waals surface area contributed by atoms with E-state index in [0.29, 0.717) is 5.69 Å². The Morgan fingerprint density at radius 3 is 2.39 bits per heavy atom. The Hall–Kier alpha value is -2.57. The minimum absolute atomic E-state index is 0.240. The number of hydrogen-bond acceptors (Lipinski definition) is 5. The van der Waals surface area contributed by atoms with E-state index < -0.39 is 23.6 Å². The number of methoxy groups -OCH3 is 1. The third kappa shape index (κ3) is 6.37. The lowest BCUT2D eigenvalue weighted by molar-refractivity contribution is -0.115. The SMILES string of the molecule is COC(=O)c1ccc(C)cc1NC(=O)CNC(=O)OC(C)(C)C. The summed E-state index contributed by atoms with van der Waals surface area (Å²) in [6, 6.07) is 4.95. The quantitative estimate of drug-likeness (QED) is 0.829. The first-order valence-corrected chi connectivity index (χ1v) is 7.08. The zero-order valence-electron chi connectivity index (χ0n) is 14.0. The van der Waals surface area contributed by atoms with Gasteiger partial charge in [-0.05, 0) is 45.4 Å². The van der Waals surface area contributed by atoms with Crippen LogP contribution < -0.4 is 10.6 Å². The van der Waals surface area contributed by atoms with Gasteiger partial charge in [0.25, 0.3) is 0 Å². The van der Waals surface area contributed by atoms with Crippen LogP contribution in [0.4, 0.5) is 10.5 Å². The summed E-state index contributed by atoms with van der Waals surface area (Å²) in [5, 5.41) is 4.92. The predicted octanol–water partition coefficient (Wildman–Crippen LogP) is 2.24. The molecule has 0 atom stereocenters. The number of aryl methyl sites for hydroxylation is 1. The number of ether oxygens (including phenoxy) is 2. The van der Waals surface area contributed by atoms with Gasteiger partial charge in [-0.1, -0.05) is 6.07 Å². The maximum atomic E-state index is 11.9. The minimum Gasteiger partial charge on any atom is -0.465 e. The van der Waals surface area contributed by atoms with Crippen LogP contribution in [0.15, 0.2) is 18.2 Å². The zero-order chi connectivity index (χ0) is 17.6. The van der Waals surface area contributed by atoms with Crippen LogP contribution in [0.3, 0.4) is 0 Å². The molecule has 0 aliphatic heterocycles. The molecule has 1 aromatic rings. The smallest absolute Gasteiger partial charge is 0.408 e. The number of hydrogen-bond donors (Lipinski definition) is 2. The predicted molar refractivity (Wildman–Crippen MR) is 85.4 cm³/mol. The Morgan fingerprint density at radius 2 is 1.83 bits per heavy atom. The average Bonchev–Trinajstić information content (AvgIpc) is 2.43. The maximum absolute atomic E-state index is 11.9. The lowest BCUT2D eigenvalue weighted by Gasteiger charge is -2.19. The number of carbonyl (C=O) groups is 3. The minimum atomic E-state index is -0.690. The van der Waals surface area contributed by atoms with Crippen molar-refractivity contribution in [3.63, 3.8) is 0 Å². The summed E-state index contributed by atoms with van der Waals surface area (Å²) in [6.07, 6.45) is -0.690. The van der Waals surface area contributed by atoms with Gasteiger partial charge < -0.3 is 20.1 Å². The van der Waals surface area contributed by atoms with Gasteiger partial charge >= 0.3 is 12.1 Å². The largest absolute Gasteiger partial charge is 0.465 e. The van der Waals surface area contributed by atoms with Crippen LogP contribution in [-0.4, -0.2) is 37.2 Å². The Kier molecular flexibility index (Phi) is 6.12. The maximum Gasteiger partial charge on any atom is 0.408 e. The second kappa shape index (κ2) is 7.62. The summed E-state index contributed by atoms with van der Waals surface area (Å²) in [6.45, 7) is 6.73. The number of esters is 1. The Morgan fingerprint density at radius 1 is 1.17 bits per heavy atom. The number of amides is 2. The number of carbonyl (C=O) groups excluding carboxylic acids is 3. The highest BCUT2D eigenvalue weighted by Crippen LogP contribution is 2.18. The standard InChI is InChI=1S/C16H22N2O5/c1-10-6-7-11(14(20)22-5)12(8-10)18-13(19)9-17-15(21)23-16(2,3)4/h6-8H,9H2,1-5H3,(H,17,21)(H,18,19). The van der Waals surface area contributed by atoms with Crippen molar-refractivity contribution < 1.29 is 23.9 Å². The van der Waals surface area contributed by atoms with Gasteiger partial charge in [0.2, 0.25) is 5.91 Å². The molecule has 0 saturated heterocycles. The van der Waals surface area contributed by atoms with Gasteiger partial charge in [-0.15, -0.1) is 0 Å². The summed E-state index contributed by atoms with van der Waals surface area (Å²) >= 11 is 0. The van der Waals surface area contributed by atoms with Gasteiger partial charge in [-0.25, -0.2) is 9.59 Å². The molecule has 0 fully saturated rings. The van der Waals surface area contributed by atoms with Crippen LogP contribution in [-0.2, 0) is 14.3 Å². The second-order valence-corrected chi connectivity index (χ2v) is 5.94. The molecule has 23 heavy (non-hydrogen) atoms. The van der Waals surface area contributed by atoms with Crippen LogP contribution in [0.2, 0.25) is 0 Å². The number of alkyl carbamates (subject to hydrolysis) is 1. The molecule has 2 amide bonds. The summed E-state index contributed by atoms with van der Waals surface area (Å²) in [5.41, 5.74) is 0.791. The molecule has 0 aromatic heterocycles. The van der Waals surface area contributed by atoms with Gasteiger partial charge in [0.1, 0.15) is 12.1 Å². The molecule has 0 bridgehead atoms. The average molecular weight is 322 g/mol. The van der Waals surface area contributed by atoms with Crippen molar-refractivity contribution in [3.8, 4) is 0 Å². The highest BCUT2D eigenvalue weighted by molar-refractivity contribution is 6.02. The third-order valence-corrected chi connectivity index (χ3v) is 2.65. The van der Waals surface area contributed by atoms with Crippen molar-refractivity contribution in [2.75, 3.05) is 19.0 Å². The summed E-state index contributed by atoms with van der Waals surface area (Å²) < 4.78 is 9.70. The molecule has 0 unspecified atom stereocenters. The van der Waals surface area contributed by atoms with Gasteiger partial charge in [-0.3, -0.25) is 4.79 Å². The number of benzene rings is 1. The summed E-state index contributed by atoms with van der Waals surface area (Å²) in [5.74, 6) is -1.04. The monoisotopic (exact) mass is 322 g/mol. The summed E-state index contributed by atoms with van der Waals surface area (Å²) in [4.78, 5) is 35.1. The molecular formula is C16H22N2O5. The number of rotatable bonds is 4. The number of anilines is 1. The fourth-order valence-electron chi connectivity index (χ4n) is 1.71. The first-order valence-electron chi connectivity index (χ1n) is 7.08. The molecule has 0 radical (unpaired) electrons. The van der Waals surface area contributed by atoms with Crippen LogP contribution in [0, 0.1) is 6.92 Å². The first-order chi connectivity index (χ1) is 10.6.